The van der Waals surface area contributed by atoms with E-state index in [-0.39, 0.29) is 0 Å². The number of aryl methyl sites for hydroxylation is 3. The van der Waals surface area contributed by atoms with Gasteiger partial charge in [-0.2, -0.15) is 4.68 Å². The summed E-state index contributed by atoms with van der Waals surface area (Å²) in [6.45, 7) is 6.72. The number of nitrogens with zero attached hydrogens (tertiary/aromatic N) is 5. The summed E-state index contributed by atoms with van der Waals surface area (Å²) in [4.78, 5) is 5.70. The van der Waals surface area contributed by atoms with Crippen molar-refractivity contribution in [2.45, 2.75) is 27.3 Å². The number of benzene rings is 1. The molecule has 1 N–H and O–H groups in total. The lowest BCUT2D eigenvalue weighted by Crippen LogP contribution is -2.02. The zero-order chi connectivity index (χ0) is 14.8. The van der Waals surface area contributed by atoms with E-state index < -0.39 is 0 Å². The molecule has 0 saturated heterocycles. The van der Waals surface area contributed by atoms with Crippen LogP contribution in [0.25, 0.3) is 5.69 Å². The predicted molar refractivity (Wildman–Crippen MR) is 82.8 cm³/mol. The SMILES string of the molecule is Cc1nc(C)c(CNc2cccc(-n3nnnc3C)c2)s1. The first-order valence-electron chi connectivity index (χ1n) is 6.65. The van der Waals surface area contributed by atoms with Gasteiger partial charge in [0.15, 0.2) is 5.82 Å². The van der Waals surface area contributed by atoms with E-state index in [9.17, 15) is 0 Å². The molecule has 2 heterocycles. The first kappa shape index (κ1) is 13.7. The van der Waals surface area contributed by atoms with Gasteiger partial charge >= 0.3 is 0 Å². The summed E-state index contributed by atoms with van der Waals surface area (Å²) in [6, 6.07) is 8.04. The fourth-order valence-electron chi connectivity index (χ4n) is 2.14. The molecule has 3 rings (SSSR count). The van der Waals surface area contributed by atoms with Gasteiger partial charge in [-0.15, -0.1) is 16.4 Å². The minimum Gasteiger partial charge on any atom is -0.380 e. The van der Waals surface area contributed by atoms with Gasteiger partial charge in [0.2, 0.25) is 0 Å². The topological polar surface area (TPSA) is 68.5 Å². The van der Waals surface area contributed by atoms with Gasteiger partial charge in [-0.1, -0.05) is 6.07 Å². The smallest absolute Gasteiger partial charge is 0.153 e. The van der Waals surface area contributed by atoms with Crippen LogP contribution in [-0.4, -0.2) is 25.2 Å². The average molecular weight is 300 g/mol. The lowest BCUT2D eigenvalue weighted by molar-refractivity contribution is 0.779. The van der Waals surface area contributed by atoms with Gasteiger partial charge in [0.25, 0.3) is 0 Å². The van der Waals surface area contributed by atoms with Crippen molar-refractivity contribution in [3.8, 4) is 5.69 Å². The Morgan fingerprint density at radius 3 is 2.76 bits per heavy atom. The molecule has 0 unspecified atom stereocenters. The third-order valence-electron chi connectivity index (χ3n) is 3.17. The summed E-state index contributed by atoms with van der Waals surface area (Å²) in [7, 11) is 0. The van der Waals surface area contributed by atoms with Crippen LogP contribution >= 0.6 is 11.3 Å². The van der Waals surface area contributed by atoms with Crippen LogP contribution in [0.1, 0.15) is 21.4 Å². The van der Waals surface area contributed by atoms with Crippen LogP contribution in [0.2, 0.25) is 0 Å². The second-order valence-electron chi connectivity index (χ2n) is 4.78. The molecule has 0 amide bonds. The van der Waals surface area contributed by atoms with Gasteiger partial charge in [-0.25, -0.2) is 4.98 Å². The Balaban J connectivity index is 1.78. The average Bonchev–Trinajstić information content (AvgIpc) is 3.02. The van der Waals surface area contributed by atoms with Crippen LogP contribution in [0, 0.1) is 20.8 Å². The second-order valence-corrected chi connectivity index (χ2v) is 6.07. The molecule has 7 heteroatoms. The maximum Gasteiger partial charge on any atom is 0.153 e. The number of thiazole rings is 1. The first-order valence-corrected chi connectivity index (χ1v) is 7.47. The van der Waals surface area contributed by atoms with E-state index in [0.717, 1.165) is 34.4 Å². The van der Waals surface area contributed by atoms with E-state index in [1.54, 1.807) is 16.0 Å². The Hall–Kier alpha value is -2.28. The van der Waals surface area contributed by atoms with Crippen molar-refractivity contribution < 1.29 is 0 Å². The fourth-order valence-corrected chi connectivity index (χ4v) is 3.01. The molecule has 0 spiro atoms. The molecule has 1 aromatic carbocycles. The third kappa shape index (κ3) is 2.92. The van der Waals surface area contributed by atoms with Crippen LogP contribution in [0.5, 0.6) is 0 Å². The minimum absolute atomic E-state index is 0.765. The summed E-state index contributed by atoms with van der Waals surface area (Å²) in [5, 5.41) is 16.1. The first-order chi connectivity index (χ1) is 10.1. The molecule has 0 saturated carbocycles. The zero-order valence-electron chi connectivity index (χ0n) is 12.2. The maximum absolute atomic E-state index is 4.44. The number of rotatable bonds is 4. The molecule has 0 aliphatic heterocycles. The molecule has 21 heavy (non-hydrogen) atoms. The van der Waals surface area contributed by atoms with Crippen molar-refractivity contribution in [1.29, 1.82) is 0 Å². The number of aromatic nitrogens is 5. The molecule has 6 nitrogen and oxygen atoms in total. The highest BCUT2D eigenvalue weighted by atomic mass is 32.1. The van der Waals surface area contributed by atoms with Gasteiger partial charge in [0.05, 0.1) is 22.9 Å². The Morgan fingerprint density at radius 1 is 1.24 bits per heavy atom. The van der Waals surface area contributed by atoms with Crippen molar-refractivity contribution in [1.82, 2.24) is 25.2 Å². The third-order valence-corrected chi connectivity index (χ3v) is 4.24. The second kappa shape index (κ2) is 5.61. The Labute approximate surface area is 126 Å². The molecule has 108 valence electrons. The summed E-state index contributed by atoms with van der Waals surface area (Å²) in [5.74, 6) is 0.765. The molecule has 0 atom stereocenters. The molecule has 0 aliphatic carbocycles. The largest absolute Gasteiger partial charge is 0.380 e. The Bertz CT molecular complexity index is 760. The number of nitrogens with one attached hydrogen (secondary N) is 1. The minimum atomic E-state index is 0.765. The quantitative estimate of drug-likeness (QED) is 0.802. The molecular formula is C14H16N6S. The highest BCUT2D eigenvalue weighted by molar-refractivity contribution is 7.11. The Morgan fingerprint density at radius 2 is 2.10 bits per heavy atom. The Kier molecular flexibility index (Phi) is 3.66. The van der Waals surface area contributed by atoms with E-state index in [1.807, 2.05) is 45.0 Å². The number of anilines is 1. The van der Waals surface area contributed by atoms with Gasteiger partial charge in [-0.3, -0.25) is 0 Å². The maximum atomic E-state index is 4.44. The number of tetrazole rings is 1. The molecule has 0 bridgehead atoms. The fraction of sp³-hybridized carbons (Fsp3) is 0.286. The standard InChI is InChI=1S/C14H16N6S/c1-9-14(21-11(3)16-9)8-15-12-5-4-6-13(7-12)20-10(2)17-18-19-20/h4-7,15H,8H2,1-3H3. The van der Waals surface area contributed by atoms with Gasteiger partial charge in [0, 0.05) is 10.6 Å². The van der Waals surface area contributed by atoms with Gasteiger partial charge < -0.3 is 5.32 Å². The van der Waals surface area contributed by atoms with Crippen LogP contribution in [-0.2, 0) is 6.54 Å². The zero-order valence-corrected chi connectivity index (χ0v) is 13.0. The van der Waals surface area contributed by atoms with Crippen LogP contribution in [0.3, 0.4) is 0 Å². The predicted octanol–water partition coefficient (Wildman–Crippen LogP) is 2.66. The summed E-state index contributed by atoms with van der Waals surface area (Å²) < 4.78 is 1.72. The summed E-state index contributed by atoms with van der Waals surface area (Å²) in [6.07, 6.45) is 0. The van der Waals surface area contributed by atoms with E-state index in [4.69, 9.17) is 0 Å². The number of hydrogen-bond donors (Lipinski definition) is 1. The van der Waals surface area contributed by atoms with Gasteiger partial charge in [-0.05, 0) is 49.4 Å². The van der Waals surface area contributed by atoms with Crippen LogP contribution in [0.4, 0.5) is 5.69 Å². The summed E-state index contributed by atoms with van der Waals surface area (Å²) >= 11 is 1.73. The monoisotopic (exact) mass is 300 g/mol. The molecule has 2 aromatic heterocycles. The van der Waals surface area contributed by atoms with Crippen molar-refractivity contribution in [3.63, 3.8) is 0 Å². The molecular weight excluding hydrogens is 284 g/mol. The molecule has 0 radical (unpaired) electrons. The van der Waals surface area contributed by atoms with Gasteiger partial charge in [0.1, 0.15) is 0 Å². The van der Waals surface area contributed by atoms with E-state index in [1.165, 1.54) is 4.88 Å². The summed E-state index contributed by atoms with van der Waals surface area (Å²) in [5.41, 5.74) is 3.07. The van der Waals surface area contributed by atoms with E-state index in [2.05, 4.69) is 25.8 Å². The van der Waals surface area contributed by atoms with Crippen LogP contribution < -0.4 is 5.32 Å². The molecule has 0 fully saturated rings. The van der Waals surface area contributed by atoms with Crippen molar-refractivity contribution in [3.05, 3.63) is 45.7 Å². The molecule has 3 aromatic rings. The lowest BCUT2D eigenvalue weighted by Gasteiger charge is -2.08. The van der Waals surface area contributed by atoms with Crippen molar-refractivity contribution >= 4 is 17.0 Å². The number of hydrogen-bond acceptors (Lipinski definition) is 6. The van der Waals surface area contributed by atoms with E-state index >= 15 is 0 Å². The van der Waals surface area contributed by atoms with Crippen molar-refractivity contribution in [2.24, 2.45) is 0 Å². The van der Waals surface area contributed by atoms with E-state index in [0.29, 0.717) is 0 Å². The highest BCUT2D eigenvalue weighted by Gasteiger charge is 2.06. The lowest BCUT2D eigenvalue weighted by atomic mass is 10.2. The van der Waals surface area contributed by atoms with Crippen LogP contribution in [0.15, 0.2) is 24.3 Å². The normalized spacial score (nSPS) is 10.8. The van der Waals surface area contributed by atoms with Crippen molar-refractivity contribution in [2.75, 3.05) is 5.32 Å². The highest BCUT2D eigenvalue weighted by Crippen LogP contribution is 2.20. The molecule has 0 aliphatic rings.